The fourth-order valence-corrected chi connectivity index (χ4v) is 12.5. The number of para-hydroxylation sites is 1. The van der Waals surface area contributed by atoms with Crippen LogP contribution in [0.15, 0.2) is 200 Å². The van der Waals surface area contributed by atoms with Gasteiger partial charge < -0.3 is 9.64 Å². The van der Waals surface area contributed by atoms with Crippen LogP contribution in [0.5, 0.6) is 11.5 Å². The van der Waals surface area contributed by atoms with Crippen LogP contribution in [0.25, 0.3) is 62.6 Å². The van der Waals surface area contributed by atoms with E-state index < -0.39 is 5.41 Å². The molecule has 1 aliphatic carbocycles. The maximum atomic E-state index is 6.89. The summed E-state index contributed by atoms with van der Waals surface area (Å²) >= 11 is 3.74. The van der Waals surface area contributed by atoms with Gasteiger partial charge in [-0.2, -0.15) is 0 Å². The van der Waals surface area contributed by atoms with Gasteiger partial charge in [0.15, 0.2) is 0 Å². The number of hydrogen-bond donors (Lipinski definition) is 0. The Morgan fingerprint density at radius 1 is 0.390 bits per heavy atom. The smallest absolute Gasteiger partial charge is 0.132 e. The highest BCUT2D eigenvalue weighted by Gasteiger charge is 2.51. The molecule has 59 heavy (non-hydrogen) atoms. The summed E-state index contributed by atoms with van der Waals surface area (Å²) in [5, 5.41) is 5.12. The molecule has 2 aliphatic rings. The Kier molecular flexibility index (Phi) is 7.00. The third-order valence-corrected chi connectivity index (χ3v) is 14.9. The van der Waals surface area contributed by atoms with Gasteiger partial charge in [-0.15, -0.1) is 22.7 Å². The van der Waals surface area contributed by atoms with E-state index in [0.717, 1.165) is 34.1 Å². The van der Waals surface area contributed by atoms with E-state index in [9.17, 15) is 0 Å². The van der Waals surface area contributed by atoms with Crippen molar-refractivity contribution in [3.63, 3.8) is 0 Å². The summed E-state index contributed by atoms with van der Waals surface area (Å²) in [6.45, 7) is 0. The number of benzene rings is 9. The predicted octanol–water partition coefficient (Wildman–Crippen LogP) is 16.0. The molecule has 0 saturated carbocycles. The van der Waals surface area contributed by atoms with Crippen LogP contribution < -0.4 is 9.64 Å². The molecule has 11 aromatic rings. The molecule has 0 unspecified atom stereocenters. The highest BCUT2D eigenvalue weighted by molar-refractivity contribution is 7.26. The number of nitrogens with zero attached hydrogens (tertiary/aromatic N) is 1. The molecule has 0 fully saturated rings. The highest BCUT2D eigenvalue weighted by Crippen LogP contribution is 2.63. The number of ether oxygens (including phenoxy) is 1. The second-order valence-electron chi connectivity index (χ2n) is 15.5. The molecule has 0 N–H and O–H groups in total. The predicted molar refractivity (Wildman–Crippen MR) is 250 cm³/mol. The average Bonchev–Trinajstić information content (AvgIpc) is 3.96. The Morgan fingerprint density at radius 2 is 1.00 bits per heavy atom. The molecule has 4 heteroatoms. The van der Waals surface area contributed by atoms with Crippen molar-refractivity contribution in [2.45, 2.75) is 5.41 Å². The molecule has 2 nitrogen and oxygen atoms in total. The topological polar surface area (TPSA) is 12.5 Å². The van der Waals surface area contributed by atoms with Crippen molar-refractivity contribution in [2.75, 3.05) is 4.90 Å². The summed E-state index contributed by atoms with van der Waals surface area (Å²) in [5.41, 5.74) is 12.7. The molecule has 1 spiro atoms. The minimum atomic E-state index is -0.569. The van der Waals surface area contributed by atoms with Crippen LogP contribution in [-0.2, 0) is 5.41 Å². The molecule has 3 heterocycles. The van der Waals surface area contributed by atoms with Crippen LogP contribution in [0.3, 0.4) is 0 Å². The summed E-state index contributed by atoms with van der Waals surface area (Å²) in [6, 6.07) is 73.6. The van der Waals surface area contributed by atoms with Crippen molar-refractivity contribution < 1.29 is 4.74 Å². The maximum Gasteiger partial charge on any atom is 0.132 e. The van der Waals surface area contributed by atoms with Gasteiger partial charge in [-0.1, -0.05) is 140 Å². The second kappa shape index (κ2) is 12.5. The minimum Gasteiger partial charge on any atom is -0.457 e. The third kappa shape index (κ3) is 4.61. The monoisotopic (exact) mass is 787 g/mol. The number of hydrogen-bond acceptors (Lipinski definition) is 4. The van der Waals surface area contributed by atoms with E-state index >= 15 is 0 Å². The molecule has 0 radical (unpaired) electrons. The standard InChI is InChI=1S/C55H33NOS2/c1-2-14-34(15-3-1)37-19-13-27-52-53(37)42-32-35(29-31-51(42)58-52)56(47-24-12-20-41-40-18-6-11-26-50(40)59-54(41)47)36-28-30-49-46(33-36)55(45-23-9-10-25-48(45)57-49)43-21-7-4-16-38(43)39-17-5-8-22-44(39)55/h1-33H. The summed E-state index contributed by atoms with van der Waals surface area (Å²) < 4.78 is 12.0. The molecule has 0 bridgehead atoms. The molecule has 2 aromatic heterocycles. The Labute approximate surface area is 349 Å². The number of thiophene rings is 2. The quantitative estimate of drug-likeness (QED) is 0.176. The summed E-state index contributed by atoms with van der Waals surface area (Å²) in [7, 11) is 0. The van der Waals surface area contributed by atoms with Crippen molar-refractivity contribution in [1.82, 2.24) is 0 Å². The zero-order chi connectivity index (χ0) is 38.7. The van der Waals surface area contributed by atoms with Gasteiger partial charge in [0.05, 0.1) is 15.8 Å². The van der Waals surface area contributed by atoms with Crippen molar-refractivity contribution in [3.05, 3.63) is 222 Å². The molecule has 276 valence electrons. The average molecular weight is 788 g/mol. The summed E-state index contributed by atoms with van der Waals surface area (Å²) in [4.78, 5) is 2.49. The Balaban J connectivity index is 1.11. The summed E-state index contributed by atoms with van der Waals surface area (Å²) in [6.07, 6.45) is 0. The first-order chi connectivity index (χ1) is 29.3. The molecular formula is C55H33NOS2. The first-order valence-electron chi connectivity index (χ1n) is 20.1. The van der Waals surface area contributed by atoms with Gasteiger partial charge in [0.25, 0.3) is 0 Å². The minimum absolute atomic E-state index is 0.569. The number of anilines is 3. The van der Waals surface area contributed by atoms with Gasteiger partial charge in [-0.3, -0.25) is 0 Å². The largest absolute Gasteiger partial charge is 0.457 e. The molecule has 9 aromatic carbocycles. The highest BCUT2D eigenvalue weighted by atomic mass is 32.1. The summed E-state index contributed by atoms with van der Waals surface area (Å²) in [5.74, 6) is 1.78. The maximum absolute atomic E-state index is 6.89. The lowest BCUT2D eigenvalue weighted by molar-refractivity contribution is 0.436. The fourth-order valence-electron chi connectivity index (χ4n) is 10.1. The van der Waals surface area contributed by atoms with Gasteiger partial charge in [0.1, 0.15) is 11.5 Å². The molecule has 1 aliphatic heterocycles. The van der Waals surface area contributed by atoms with E-state index in [1.807, 2.05) is 22.7 Å². The lowest BCUT2D eigenvalue weighted by atomic mass is 9.66. The molecule has 0 saturated heterocycles. The first-order valence-corrected chi connectivity index (χ1v) is 21.7. The van der Waals surface area contributed by atoms with Crippen molar-refractivity contribution in [2.24, 2.45) is 0 Å². The lowest BCUT2D eigenvalue weighted by Crippen LogP contribution is -2.32. The normalized spacial score (nSPS) is 13.4. The van der Waals surface area contributed by atoms with E-state index in [-0.39, 0.29) is 0 Å². The van der Waals surface area contributed by atoms with Crippen LogP contribution in [0.4, 0.5) is 17.1 Å². The third-order valence-electron chi connectivity index (χ3n) is 12.5. The zero-order valence-corrected chi connectivity index (χ0v) is 33.4. The zero-order valence-electron chi connectivity index (χ0n) is 31.7. The molecular weight excluding hydrogens is 755 g/mol. The van der Waals surface area contributed by atoms with Crippen molar-refractivity contribution in [3.8, 4) is 33.8 Å². The Morgan fingerprint density at radius 3 is 1.85 bits per heavy atom. The van der Waals surface area contributed by atoms with Crippen molar-refractivity contribution in [1.29, 1.82) is 0 Å². The van der Waals surface area contributed by atoms with E-state index in [1.165, 1.54) is 79.3 Å². The van der Waals surface area contributed by atoms with E-state index in [1.54, 1.807) is 0 Å². The van der Waals surface area contributed by atoms with Crippen LogP contribution in [0.2, 0.25) is 0 Å². The number of fused-ring (bicyclic) bond motifs is 15. The van der Waals surface area contributed by atoms with Gasteiger partial charge >= 0.3 is 0 Å². The van der Waals surface area contributed by atoms with Crippen LogP contribution >= 0.6 is 22.7 Å². The van der Waals surface area contributed by atoms with E-state index in [0.29, 0.717) is 0 Å². The second-order valence-corrected chi connectivity index (χ2v) is 17.7. The van der Waals surface area contributed by atoms with Crippen LogP contribution in [0.1, 0.15) is 22.3 Å². The van der Waals surface area contributed by atoms with Gasteiger partial charge in [-0.25, -0.2) is 0 Å². The molecule has 0 atom stereocenters. The molecule has 0 amide bonds. The molecule has 13 rings (SSSR count). The SMILES string of the molecule is c1ccc(-c2cccc3sc4ccc(N(c5ccc6c(c5)C5(c7ccccc7O6)c6ccccc6-c6ccccc65)c5cccc6c5sc5ccccc56)cc4c23)cc1. The van der Waals surface area contributed by atoms with Crippen molar-refractivity contribution >= 4 is 80.1 Å². The fraction of sp³-hybridized carbons (Fsp3) is 0.0182. The van der Waals surface area contributed by atoms with Gasteiger partial charge in [0.2, 0.25) is 0 Å². The van der Waals surface area contributed by atoms with Crippen LogP contribution in [0, 0.1) is 0 Å². The van der Waals surface area contributed by atoms with Crippen LogP contribution in [-0.4, -0.2) is 0 Å². The first kappa shape index (κ1) is 33.0. The number of rotatable bonds is 4. The lowest BCUT2D eigenvalue weighted by Gasteiger charge is -2.40. The van der Waals surface area contributed by atoms with E-state index in [4.69, 9.17) is 4.74 Å². The van der Waals surface area contributed by atoms with Gasteiger partial charge in [-0.05, 0) is 94.0 Å². The van der Waals surface area contributed by atoms with Gasteiger partial charge in [0, 0.05) is 58.1 Å². The Hall–Kier alpha value is -6.98. The van der Waals surface area contributed by atoms with E-state index in [2.05, 4.69) is 205 Å². The Bertz CT molecular complexity index is 3460.